The number of carbonyl (C=O) groups excluding carboxylic acids is 1. The van der Waals surface area contributed by atoms with Crippen LogP contribution in [-0.2, 0) is 16.5 Å². The van der Waals surface area contributed by atoms with Crippen molar-refractivity contribution in [2.75, 3.05) is 0 Å². The fourth-order valence-electron chi connectivity index (χ4n) is 1.89. The Balaban J connectivity index is 2.64. The highest BCUT2D eigenvalue weighted by Crippen LogP contribution is 2.55. The lowest BCUT2D eigenvalue weighted by molar-refractivity contribution is -0.138. The lowest BCUT2D eigenvalue weighted by Crippen LogP contribution is -2.15. The molecule has 0 unspecified atom stereocenters. The summed E-state index contributed by atoms with van der Waals surface area (Å²) in [6.07, 6.45) is -2.69. The van der Waals surface area contributed by atoms with Crippen molar-refractivity contribution in [2.45, 2.75) is 24.6 Å². The standard InChI is InChI=1S/C11H8F3NO2/c12-11(13,14)7-2-1-3-8(17)9(7)10(4-5-10)15-6-16/h1-3,17H,4-5H2. The minimum absolute atomic E-state index is 0.308. The molecular formula is C11H8F3NO2. The van der Waals surface area contributed by atoms with Crippen LogP contribution in [0, 0.1) is 0 Å². The van der Waals surface area contributed by atoms with Gasteiger partial charge in [-0.3, -0.25) is 0 Å². The first-order valence-corrected chi connectivity index (χ1v) is 4.89. The second-order valence-corrected chi connectivity index (χ2v) is 3.93. The summed E-state index contributed by atoms with van der Waals surface area (Å²) in [6.45, 7) is 0. The number of nitrogens with zero attached hydrogens (tertiary/aromatic N) is 1. The first-order chi connectivity index (χ1) is 7.91. The minimum atomic E-state index is -4.58. The molecule has 0 heterocycles. The second kappa shape index (κ2) is 3.60. The Bertz CT molecular complexity index is 500. The molecule has 0 saturated heterocycles. The van der Waals surface area contributed by atoms with Gasteiger partial charge in [-0.15, -0.1) is 0 Å². The molecule has 1 aliphatic carbocycles. The molecule has 1 aliphatic rings. The molecule has 90 valence electrons. The van der Waals surface area contributed by atoms with Gasteiger partial charge in [-0.05, 0) is 25.0 Å². The van der Waals surface area contributed by atoms with Crippen LogP contribution in [0.25, 0.3) is 0 Å². The number of benzene rings is 1. The highest BCUT2D eigenvalue weighted by molar-refractivity contribution is 5.51. The van der Waals surface area contributed by atoms with Crippen LogP contribution in [0.2, 0.25) is 0 Å². The molecule has 0 aliphatic heterocycles. The van der Waals surface area contributed by atoms with E-state index in [0.717, 1.165) is 18.2 Å². The van der Waals surface area contributed by atoms with E-state index in [9.17, 15) is 23.1 Å². The van der Waals surface area contributed by atoms with Crippen LogP contribution in [-0.4, -0.2) is 11.2 Å². The van der Waals surface area contributed by atoms with Gasteiger partial charge in [0.25, 0.3) is 0 Å². The Morgan fingerprint density at radius 3 is 2.47 bits per heavy atom. The maximum absolute atomic E-state index is 12.8. The summed E-state index contributed by atoms with van der Waals surface area (Å²) in [5.41, 5.74) is -2.51. The lowest BCUT2D eigenvalue weighted by Gasteiger charge is -2.17. The van der Waals surface area contributed by atoms with Gasteiger partial charge in [0.1, 0.15) is 11.3 Å². The molecule has 3 nitrogen and oxygen atoms in total. The summed E-state index contributed by atoms with van der Waals surface area (Å²) in [4.78, 5) is 13.7. The molecule has 0 spiro atoms. The lowest BCUT2D eigenvalue weighted by atomic mass is 9.97. The maximum Gasteiger partial charge on any atom is 0.416 e. The monoisotopic (exact) mass is 243 g/mol. The summed E-state index contributed by atoms with van der Waals surface area (Å²) < 4.78 is 38.3. The van der Waals surface area contributed by atoms with E-state index in [1.54, 1.807) is 0 Å². The van der Waals surface area contributed by atoms with Gasteiger partial charge in [0.2, 0.25) is 6.08 Å². The van der Waals surface area contributed by atoms with E-state index in [1.165, 1.54) is 6.08 Å². The number of rotatable bonds is 2. The predicted molar refractivity (Wildman–Crippen MR) is 52.1 cm³/mol. The smallest absolute Gasteiger partial charge is 0.416 e. The van der Waals surface area contributed by atoms with Crippen molar-refractivity contribution in [1.29, 1.82) is 0 Å². The van der Waals surface area contributed by atoms with E-state index in [-0.39, 0.29) is 5.56 Å². The summed E-state index contributed by atoms with van der Waals surface area (Å²) >= 11 is 0. The summed E-state index contributed by atoms with van der Waals surface area (Å²) in [5.74, 6) is -0.490. The number of phenolic OH excluding ortho intramolecular Hbond substituents is 1. The van der Waals surface area contributed by atoms with E-state index in [0.29, 0.717) is 12.8 Å². The number of aliphatic imine (C=N–C) groups is 1. The molecule has 0 radical (unpaired) electrons. The molecule has 1 aromatic rings. The van der Waals surface area contributed by atoms with Gasteiger partial charge in [-0.2, -0.15) is 18.2 Å². The Morgan fingerprint density at radius 1 is 1.35 bits per heavy atom. The third-order valence-electron chi connectivity index (χ3n) is 2.80. The second-order valence-electron chi connectivity index (χ2n) is 3.93. The van der Waals surface area contributed by atoms with Crippen LogP contribution in [0.3, 0.4) is 0 Å². The molecule has 1 saturated carbocycles. The van der Waals surface area contributed by atoms with Gasteiger partial charge >= 0.3 is 6.18 Å². The van der Waals surface area contributed by atoms with Gasteiger partial charge in [0.15, 0.2) is 0 Å². The van der Waals surface area contributed by atoms with Gasteiger partial charge in [-0.25, -0.2) is 4.79 Å². The molecule has 6 heteroatoms. The van der Waals surface area contributed by atoms with Crippen molar-refractivity contribution in [2.24, 2.45) is 4.99 Å². The molecule has 17 heavy (non-hydrogen) atoms. The third kappa shape index (κ3) is 1.91. The van der Waals surface area contributed by atoms with E-state index in [1.807, 2.05) is 0 Å². The molecule has 0 atom stereocenters. The van der Waals surface area contributed by atoms with Crippen LogP contribution >= 0.6 is 0 Å². The average Bonchev–Trinajstić information content (AvgIpc) is 2.97. The maximum atomic E-state index is 12.8. The number of phenols is 1. The van der Waals surface area contributed by atoms with Crippen molar-refractivity contribution in [3.63, 3.8) is 0 Å². The zero-order chi connectivity index (χ0) is 12.7. The Hall–Kier alpha value is -1.81. The predicted octanol–water partition coefficient (Wildman–Crippen LogP) is 2.74. The Morgan fingerprint density at radius 2 is 2.00 bits per heavy atom. The van der Waals surface area contributed by atoms with Gasteiger partial charge in [-0.1, -0.05) is 6.07 Å². The van der Waals surface area contributed by atoms with Crippen LogP contribution in [0.4, 0.5) is 13.2 Å². The van der Waals surface area contributed by atoms with Crippen molar-refractivity contribution in [1.82, 2.24) is 0 Å². The SMILES string of the molecule is O=C=NC1(c2c(O)cccc2C(F)(F)F)CC1. The average molecular weight is 243 g/mol. The Kier molecular flexibility index (Phi) is 2.47. The zero-order valence-electron chi connectivity index (χ0n) is 8.58. The number of hydrogen-bond donors (Lipinski definition) is 1. The number of hydrogen-bond acceptors (Lipinski definition) is 3. The summed E-state index contributed by atoms with van der Waals surface area (Å²) in [5, 5.41) is 9.57. The van der Waals surface area contributed by atoms with Gasteiger partial charge in [0, 0.05) is 5.56 Å². The van der Waals surface area contributed by atoms with E-state index in [4.69, 9.17) is 0 Å². The molecule has 0 bridgehead atoms. The minimum Gasteiger partial charge on any atom is -0.508 e. The molecule has 1 aromatic carbocycles. The molecule has 1 N–H and O–H groups in total. The summed E-state index contributed by atoms with van der Waals surface area (Å²) in [7, 11) is 0. The Labute approximate surface area is 94.6 Å². The number of isocyanates is 1. The quantitative estimate of drug-likeness (QED) is 0.641. The zero-order valence-corrected chi connectivity index (χ0v) is 8.58. The van der Waals surface area contributed by atoms with E-state index < -0.39 is 23.0 Å². The van der Waals surface area contributed by atoms with Gasteiger partial charge in [0.05, 0.1) is 5.56 Å². The van der Waals surface area contributed by atoms with Crippen molar-refractivity contribution < 1.29 is 23.1 Å². The molecule has 2 rings (SSSR count). The van der Waals surface area contributed by atoms with Crippen LogP contribution in [0.5, 0.6) is 5.75 Å². The fourth-order valence-corrected chi connectivity index (χ4v) is 1.89. The normalized spacial score (nSPS) is 17.4. The molecular weight excluding hydrogens is 235 g/mol. The molecule has 1 fully saturated rings. The van der Waals surface area contributed by atoms with Crippen molar-refractivity contribution >= 4 is 6.08 Å². The van der Waals surface area contributed by atoms with Crippen LogP contribution < -0.4 is 0 Å². The van der Waals surface area contributed by atoms with E-state index in [2.05, 4.69) is 4.99 Å². The number of halogens is 3. The van der Waals surface area contributed by atoms with E-state index >= 15 is 0 Å². The first kappa shape index (κ1) is 11.7. The largest absolute Gasteiger partial charge is 0.508 e. The molecule has 0 aromatic heterocycles. The topological polar surface area (TPSA) is 49.7 Å². The third-order valence-corrected chi connectivity index (χ3v) is 2.80. The summed E-state index contributed by atoms with van der Waals surface area (Å²) in [6, 6.07) is 3.14. The van der Waals surface area contributed by atoms with Crippen LogP contribution in [0.1, 0.15) is 24.0 Å². The van der Waals surface area contributed by atoms with Crippen LogP contribution in [0.15, 0.2) is 23.2 Å². The number of aromatic hydroxyl groups is 1. The fraction of sp³-hybridized carbons (Fsp3) is 0.364. The van der Waals surface area contributed by atoms with Gasteiger partial charge < -0.3 is 5.11 Å². The van der Waals surface area contributed by atoms with Crippen molar-refractivity contribution in [3.05, 3.63) is 29.3 Å². The molecule has 0 amide bonds. The van der Waals surface area contributed by atoms with Crippen molar-refractivity contribution in [3.8, 4) is 5.75 Å². The first-order valence-electron chi connectivity index (χ1n) is 4.89. The number of alkyl halides is 3. The highest BCUT2D eigenvalue weighted by atomic mass is 19.4. The highest BCUT2D eigenvalue weighted by Gasteiger charge is 2.51.